The second-order valence-corrected chi connectivity index (χ2v) is 4.96. The number of carbonyl (C=O) groups is 1. The fourth-order valence-corrected chi connectivity index (χ4v) is 2.11. The third kappa shape index (κ3) is 2.31. The summed E-state index contributed by atoms with van der Waals surface area (Å²) in [6, 6.07) is 0. The van der Waals surface area contributed by atoms with E-state index in [1.807, 2.05) is 0 Å². The summed E-state index contributed by atoms with van der Waals surface area (Å²) < 4.78 is 0.471. The molecule has 0 bridgehead atoms. The van der Waals surface area contributed by atoms with Crippen LogP contribution in [0.25, 0.3) is 0 Å². The van der Waals surface area contributed by atoms with Crippen LogP contribution < -0.4 is 4.90 Å². The fourth-order valence-electron chi connectivity index (χ4n) is 1.58. The quantitative estimate of drug-likeness (QED) is 0.785. The van der Waals surface area contributed by atoms with Crippen molar-refractivity contribution in [3.63, 3.8) is 0 Å². The summed E-state index contributed by atoms with van der Waals surface area (Å²) in [4.78, 5) is 21.3. The van der Waals surface area contributed by atoms with E-state index in [4.69, 9.17) is 23.2 Å². The van der Waals surface area contributed by atoms with Crippen molar-refractivity contribution in [3.05, 3.63) is 16.0 Å². The minimum absolute atomic E-state index is 0.0124. The molecule has 0 aromatic carbocycles. The smallest absolute Gasteiger partial charge is 0.228 e. The van der Waals surface area contributed by atoms with E-state index in [2.05, 4.69) is 25.9 Å². The van der Waals surface area contributed by atoms with Gasteiger partial charge in [0.15, 0.2) is 11.0 Å². The highest BCUT2D eigenvalue weighted by Crippen LogP contribution is 2.26. The molecular formula is C9H8BrCl2N3O. The lowest BCUT2D eigenvalue weighted by Gasteiger charge is -2.14. The van der Waals surface area contributed by atoms with Gasteiger partial charge in [-0.1, -0.05) is 11.6 Å². The molecule has 0 N–H and O–H groups in total. The van der Waals surface area contributed by atoms with Crippen LogP contribution in [-0.4, -0.2) is 28.3 Å². The SMILES string of the molecule is O=C1CC(CCl)CN1c1cnc(Br)c(Cl)n1. The lowest BCUT2D eigenvalue weighted by atomic mass is 10.2. The van der Waals surface area contributed by atoms with Crippen LogP contribution in [0.4, 0.5) is 5.82 Å². The van der Waals surface area contributed by atoms with Gasteiger partial charge < -0.3 is 0 Å². The molecule has 2 heterocycles. The first-order valence-corrected chi connectivity index (χ1v) is 6.36. The van der Waals surface area contributed by atoms with Gasteiger partial charge in [0.25, 0.3) is 0 Å². The Morgan fingerprint density at radius 3 is 2.94 bits per heavy atom. The Morgan fingerprint density at radius 2 is 2.38 bits per heavy atom. The molecule has 1 aliphatic heterocycles. The van der Waals surface area contributed by atoms with Crippen LogP contribution in [0.15, 0.2) is 10.8 Å². The molecule has 1 aromatic rings. The summed E-state index contributed by atoms with van der Waals surface area (Å²) in [5.41, 5.74) is 0. The molecule has 1 aliphatic rings. The molecule has 2 rings (SSSR count). The number of amides is 1. The lowest BCUT2D eigenvalue weighted by molar-refractivity contribution is -0.117. The standard InChI is InChI=1S/C9H8BrCl2N3O/c10-8-9(12)14-6(3-13-8)15-4-5(2-11)1-7(15)16/h3,5H,1-2,4H2. The van der Waals surface area contributed by atoms with Gasteiger partial charge in [-0.05, 0) is 21.8 Å². The Bertz CT molecular complexity index is 429. The van der Waals surface area contributed by atoms with Crippen LogP contribution in [0.3, 0.4) is 0 Å². The van der Waals surface area contributed by atoms with Crippen molar-refractivity contribution in [2.24, 2.45) is 5.92 Å². The van der Waals surface area contributed by atoms with Crippen molar-refractivity contribution in [2.75, 3.05) is 17.3 Å². The molecule has 4 nitrogen and oxygen atoms in total. The van der Waals surface area contributed by atoms with Crippen molar-refractivity contribution in [1.82, 2.24) is 9.97 Å². The van der Waals surface area contributed by atoms with Crippen molar-refractivity contribution in [2.45, 2.75) is 6.42 Å². The van der Waals surface area contributed by atoms with E-state index in [0.29, 0.717) is 29.3 Å². The third-order valence-corrected chi connectivity index (χ3v) is 3.88. The summed E-state index contributed by atoms with van der Waals surface area (Å²) in [5.74, 6) is 1.14. The number of hydrogen-bond acceptors (Lipinski definition) is 3. The van der Waals surface area contributed by atoms with Crippen molar-refractivity contribution >= 4 is 50.9 Å². The second-order valence-electron chi connectivity index (χ2n) is 3.54. The average molecular weight is 325 g/mol. The Labute approximate surface area is 111 Å². The lowest BCUT2D eigenvalue weighted by Crippen LogP contribution is -2.25. The fraction of sp³-hybridized carbons (Fsp3) is 0.444. The van der Waals surface area contributed by atoms with Gasteiger partial charge in [-0.25, -0.2) is 9.97 Å². The molecule has 0 saturated carbocycles. The number of anilines is 1. The van der Waals surface area contributed by atoms with E-state index in [1.54, 1.807) is 4.90 Å². The first-order valence-electron chi connectivity index (χ1n) is 4.66. The van der Waals surface area contributed by atoms with Crippen LogP contribution in [0, 0.1) is 5.92 Å². The summed E-state index contributed by atoms with van der Waals surface area (Å²) in [5, 5.41) is 0.250. The minimum Gasteiger partial charge on any atom is -0.295 e. The number of halogens is 3. The van der Waals surface area contributed by atoms with Crippen LogP contribution in [0.5, 0.6) is 0 Å². The van der Waals surface area contributed by atoms with Crippen molar-refractivity contribution in [1.29, 1.82) is 0 Å². The molecule has 1 fully saturated rings. The Balaban J connectivity index is 2.24. The Hall–Kier alpha value is -0.390. The largest absolute Gasteiger partial charge is 0.295 e. The van der Waals surface area contributed by atoms with Gasteiger partial charge in [0.1, 0.15) is 4.60 Å². The van der Waals surface area contributed by atoms with E-state index < -0.39 is 0 Å². The van der Waals surface area contributed by atoms with Crippen LogP contribution in [-0.2, 0) is 4.79 Å². The Kier molecular flexibility index (Phi) is 3.66. The topological polar surface area (TPSA) is 46.1 Å². The van der Waals surface area contributed by atoms with E-state index >= 15 is 0 Å². The molecule has 7 heteroatoms. The number of nitrogens with zero attached hydrogens (tertiary/aromatic N) is 3. The number of hydrogen-bond donors (Lipinski definition) is 0. The molecule has 1 aromatic heterocycles. The van der Waals surface area contributed by atoms with Gasteiger partial charge in [0.05, 0.1) is 6.20 Å². The highest BCUT2D eigenvalue weighted by Gasteiger charge is 2.31. The van der Waals surface area contributed by atoms with E-state index in [9.17, 15) is 4.79 Å². The molecule has 16 heavy (non-hydrogen) atoms. The zero-order valence-corrected chi connectivity index (χ0v) is 11.3. The predicted molar refractivity (Wildman–Crippen MR) is 65.9 cm³/mol. The molecule has 0 radical (unpaired) electrons. The number of aromatic nitrogens is 2. The zero-order chi connectivity index (χ0) is 11.7. The molecule has 1 saturated heterocycles. The molecule has 0 aliphatic carbocycles. The molecule has 1 atom stereocenters. The van der Waals surface area contributed by atoms with E-state index in [-0.39, 0.29) is 17.0 Å². The first kappa shape index (κ1) is 12.1. The van der Waals surface area contributed by atoms with Crippen LogP contribution in [0.2, 0.25) is 5.15 Å². The van der Waals surface area contributed by atoms with Gasteiger partial charge >= 0.3 is 0 Å². The van der Waals surface area contributed by atoms with Gasteiger partial charge in [0, 0.05) is 18.8 Å². The predicted octanol–water partition coefficient (Wildman–Crippen LogP) is 2.48. The average Bonchev–Trinajstić information content (AvgIpc) is 2.64. The number of carbonyl (C=O) groups excluding carboxylic acids is 1. The van der Waals surface area contributed by atoms with Crippen LogP contribution >= 0.6 is 39.1 Å². The maximum Gasteiger partial charge on any atom is 0.228 e. The molecule has 1 unspecified atom stereocenters. The number of alkyl halides is 1. The summed E-state index contributed by atoms with van der Waals surface area (Å²) in [6.07, 6.45) is 1.98. The normalized spacial score (nSPS) is 20.6. The number of rotatable bonds is 2. The van der Waals surface area contributed by atoms with Crippen molar-refractivity contribution in [3.8, 4) is 0 Å². The summed E-state index contributed by atoms with van der Waals surface area (Å²) in [7, 11) is 0. The summed E-state index contributed by atoms with van der Waals surface area (Å²) in [6.45, 7) is 0.578. The molecule has 0 spiro atoms. The van der Waals surface area contributed by atoms with E-state index in [0.717, 1.165) is 0 Å². The monoisotopic (exact) mass is 323 g/mol. The minimum atomic E-state index is 0.0124. The summed E-state index contributed by atoms with van der Waals surface area (Å²) >= 11 is 14.7. The van der Waals surface area contributed by atoms with Gasteiger partial charge in [0.2, 0.25) is 5.91 Å². The maximum atomic E-state index is 11.7. The Morgan fingerprint density at radius 1 is 1.62 bits per heavy atom. The molecular weight excluding hydrogens is 317 g/mol. The maximum absolute atomic E-state index is 11.7. The second kappa shape index (κ2) is 4.85. The molecule has 1 amide bonds. The van der Waals surface area contributed by atoms with Crippen molar-refractivity contribution < 1.29 is 4.79 Å². The first-order chi connectivity index (χ1) is 7.61. The van der Waals surface area contributed by atoms with Crippen LogP contribution in [0.1, 0.15) is 6.42 Å². The molecule has 86 valence electrons. The van der Waals surface area contributed by atoms with Gasteiger partial charge in [-0.3, -0.25) is 9.69 Å². The van der Waals surface area contributed by atoms with Gasteiger partial charge in [-0.2, -0.15) is 0 Å². The van der Waals surface area contributed by atoms with Gasteiger partial charge in [-0.15, -0.1) is 11.6 Å². The third-order valence-electron chi connectivity index (χ3n) is 2.38. The highest BCUT2D eigenvalue weighted by atomic mass is 79.9. The zero-order valence-electron chi connectivity index (χ0n) is 8.16. The van der Waals surface area contributed by atoms with E-state index in [1.165, 1.54) is 6.20 Å². The highest BCUT2D eigenvalue weighted by molar-refractivity contribution is 9.10.